The van der Waals surface area contributed by atoms with E-state index in [-0.39, 0.29) is 17.2 Å². The molecule has 0 radical (unpaired) electrons. The highest BCUT2D eigenvalue weighted by atomic mass is 16.6. The number of nitrogens with two attached hydrogens (primary N) is 1. The van der Waals surface area contributed by atoms with Crippen molar-refractivity contribution in [3.8, 4) is 16.9 Å². The Morgan fingerprint density at radius 1 is 1.09 bits per heavy atom. The summed E-state index contributed by atoms with van der Waals surface area (Å²) in [4.78, 5) is 11.9. The summed E-state index contributed by atoms with van der Waals surface area (Å²) in [5.74, 6) is 1.39. The maximum absolute atomic E-state index is 5.79. The molecule has 0 aliphatic carbocycles. The van der Waals surface area contributed by atoms with Gasteiger partial charge in [0.05, 0.1) is 30.4 Å². The van der Waals surface area contributed by atoms with Crippen LogP contribution in [0, 0.1) is 0 Å². The van der Waals surface area contributed by atoms with Crippen LogP contribution >= 0.6 is 0 Å². The molecule has 2 aliphatic heterocycles. The Bertz CT molecular complexity index is 1130. The van der Waals surface area contributed by atoms with Crippen LogP contribution in [0.15, 0.2) is 42.9 Å². The molecule has 4 heterocycles. The van der Waals surface area contributed by atoms with Crippen LogP contribution in [0.3, 0.4) is 0 Å². The van der Waals surface area contributed by atoms with Crippen LogP contribution in [0.1, 0.15) is 52.2 Å². The molecule has 33 heavy (non-hydrogen) atoms. The fourth-order valence-electron chi connectivity index (χ4n) is 5.27. The largest absolute Gasteiger partial charge is 0.382 e. The molecule has 0 saturated carbocycles. The van der Waals surface area contributed by atoms with E-state index in [1.54, 1.807) is 10.7 Å². The molecule has 1 unspecified atom stereocenters. The zero-order valence-corrected chi connectivity index (χ0v) is 20.0. The third-order valence-electron chi connectivity index (χ3n) is 6.58. The first-order chi connectivity index (χ1) is 15.6. The van der Waals surface area contributed by atoms with E-state index >= 15 is 0 Å². The molecule has 2 fully saturated rings. The first kappa shape index (κ1) is 21.9. The van der Waals surface area contributed by atoms with Gasteiger partial charge in [-0.05, 0) is 58.2 Å². The molecule has 2 aliphatic rings. The number of nitrogens with one attached hydrogen (secondary N) is 1. The maximum atomic E-state index is 5.79. The molecular weight excluding hydrogens is 414 g/mol. The van der Waals surface area contributed by atoms with Crippen LogP contribution in [-0.2, 0) is 4.74 Å². The number of piperidine rings is 1. The molecule has 1 atom stereocenters. The number of rotatable bonds is 5. The van der Waals surface area contributed by atoms with Gasteiger partial charge in [-0.15, -0.1) is 0 Å². The van der Waals surface area contributed by atoms with Gasteiger partial charge in [0, 0.05) is 42.0 Å². The third kappa shape index (κ3) is 4.58. The van der Waals surface area contributed by atoms with Crippen molar-refractivity contribution in [3.63, 3.8) is 0 Å². The molecule has 8 nitrogen and oxygen atoms in total. The average molecular weight is 448 g/mol. The molecule has 1 aromatic carbocycles. The van der Waals surface area contributed by atoms with Crippen molar-refractivity contribution < 1.29 is 4.74 Å². The number of anilines is 2. The summed E-state index contributed by atoms with van der Waals surface area (Å²) in [6, 6.07) is 8.37. The van der Waals surface area contributed by atoms with E-state index < -0.39 is 0 Å². The van der Waals surface area contributed by atoms with E-state index in [0.717, 1.165) is 41.2 Å². The standard InChI is InChI=1S/C25H33N7O/c1-24(2)11-17(12-25(3,4)30-24)31(5)23-14-27-20(13-28-23)18-7-6-16(10-19(18)21-15-33-21)32-9-8-22(26)29-32/h6-10,13-14,17,21,30H,11-12,15H2,1-5H3,(H2,26,29). The lowest BCUT2D eigenvalue weighted by Gasteiger charge is -2.49. The first-order valence-electron chi connectivity index (χ1n) is 11.5. The Morgan fingerprint density at radius 3 is 2.39 bits per heavy atom. The third-order valence-corrected chi connectivity index (χ3v) is 6.58. The Kier molecular flexibility index (Phi) is 5.17. The monoisotopic (exact) mass is 447 g/mol. The lowest BCUT2D eigenvalue weighted by Crippen LogP contribution is -2.62. The van der Waals surface area contributed by atoms with E-state index in [2.05, 4.69) is 62.2 Å². The topological polar surface area (TPSA) is 97.4 Å². The molecule has 8 heteroatoms. The van der Waals surface area contributed by atoms with Crippen molar-refractivity contribution in [1.29, 1.82) is 0 Å². The van der Waals surface area contributed by atoms with Crippen molar-refractivity contribution in [2.75, 3.05) is 24.3 Å². The van der Waals surface area contributed by atoms with E-state index in [1.165, 1.54) is 0 Å². The molecule has 0 spiro atoms. The van der Waals surface area contributed by atoms with Crippen LogP contribution in [0.5, 0.6) is 0 Å². The average Bonchev–Trinajstić information content (AvgIpc) is 3.51. The number of hydrogen-bond acceptors (Lipinski definition) is 7. The molecule has 0 amide bonds. The van der Waals surface area contributed by atoms with Gasteiger partial charge in [0.25, 0.3) is 0 Å². The Balaban J connectivity index is 1.40. The number of benzene rings is 1. The van der Waals surface area contributed by atoms with Crippen molar-refractivity contribution in [2.45, 2.75) is 63.8 Å². The molecule has 5 rings (SSSR count). The summed E-state index contributed by atoms with van der Waals surface area (Å²) in [7, 11) is 2.12. The second-order valence-electron chi connectivity index (χ2n) is 10.6. The van der Waals surface area contributed by atoms with E-state index in [0.29, 0.717) is 18.5 Å². The highest BCUT2D eigenvalue weighted by Gasteiger charge is 2.39. The normalized spacial score (nSPS) is 21.7. The van der Waals surface area contributed by atoms with E-state index in [1.807, 2.05) is 24.7 Å². The summed E-state index contributed by atoms with van der Waals surface area (Å²) >= 11 is 0. The maximum Gasteiger partial charge on any atom is 0.147 e. The van der Waals surface area contributed by atoms with Crippen molar-refractivity contribution >= 4 is 11.6 Å². The van der Waals surface area contributed by atoms with Crippen LogP contribution in [0.4, 0.5) is 11.6 Å². The van der Waals surface area contributed by atoms with Gasteiger partial charge in [0.1, 0.15) is 17.7 Å². The number of hydrogen-bond donors (Lipinski definition) is 2. The summed E-state index contributed by atoms with van der Waals surface area (Å²) in [6.07, 6.45) is 7.80. The lowest BCUT2D eigenvalue weighted by atomic mass is 9.79. The second kappa shape index (κ2) is 7.81. The fraction of sp³-hybridized carbons (Fsp3) is 0.480. The summed E-state index contributed by atoms with van der Waals surface area (Å²) < 4.78 is 7.39. The molecule has 3 N–H and O–H groups in total. The van der Waals surface area contributed by atoms with Gasteiger partial charge >= 0.3 is 0 Å². The van der Waals surface area contributed by atoms with Gasteiger partial charge in [-0.25, -0.2) is 9.67 Å². The summed E-state index contributed by atoms with van der Waals surface area (Å²) in [5, 5.41) is 8.07. The van der Waals surface area contributed by atoms with Gasteiger partial charge in [0.15, 0.2) is 0 Å². The number of aromatic nitrogens is 4. The van der Waals surface area contributed by atoms with Crippen molar-refractivity contribution in [3.05, 3.63) is 48.4 Å². The molecular formula is C25H33N7O. The van der Waals surface area contributed by atoms with Crippen LogP contribution in [0.25, 0.3) is 16.9 Å². The Hall–Kier alpha value is -2.97. The number of epoxide rings is 1. The molecule has 3 aromatic rings. The number of nitrogen functional groups attached to an aromatic ring is 1. The molecule has 0 bridgehead atoms. The van der Waals surface area contributed by atoms with E-state index in [9.17, 15) is 0 Å². The lowest BCUT2D eigenvalue weighted by molar-refractivity contribution is 0.160. The number of ether oxygens (including phenoxy) is 1. The summed E-state index contributed by atoms with van der Waals surface area (Å²) in [6.45, 7) is 9.80. The van der Waals surface area contributed by atoms with Gasteiger partial charge in [-0.1, -0.05) is 6.07 Å². The van der Waals surface area contributed by atoms with Gasteiger partial charge in [0.2, 0.25) is 0 Å². The fourth-order valence-corrected chi connectivity index (χ4v) is 5.27. The number of nitrogens with zero attached hydrogens (tertiary/aromatic N) is 5. The smallest absolute Gasteiger partial charge is 0.147 e. The minimum absolute atomic E-state index is 0.0776. The van der Waals surface area contributed by atoms with E-state index in [4.69, 9.17) is 20.4 Å². The molecule has 2 saturated heterocycles. The Morgan fingerprint density at radius 2 is 1.82 bits per heavy atom. The highest BCUT2D eigenvalue weighted by molar-refractivity contribution is 5.67. The zero-order chi connectivity index (χ0) is 23.4. The van der Waals surface area contributed by atoms with Gasteiger partial charge in [-0.2, -0.15) is 5.10 Å². The summed E-state index contributed by atoms with van der Waals surface area (Å²) in [5.41, 5.74) is 9.86. The molecule has 174 valence electrons. The molecule has 2 aromatic heterocycles. The quantitative estimate of drug-likeness (QED) is 0.575. The van der Waals surface area contributed by atoms with Crippen molar-refractivity contribution in [2.24, 2.45) is 0 Å². The predicted octanol–water partition coefficient (Wildman–Crippen LogP) is 3.73. The Labute approximate surface area is 195 Å². The van der Waals surface area contributed by atoms with Gasteiger partial charge < -0.3 is 20.7 Å². The van der Waals surface area contributed by atoms with Crippen LogP contribution in [-0.4, -0.2) is 50.5 Å². The predicted molar refractivity (Wildman–Crippen MR) is 130 cm³/mol. The minimum atomic E-state index is 0.0776. The van der Waals surface area contributed by atoms with Crippen LogP contribution < -0.4 is 16.0 Å². The van der Waals surface area contributed by atoms with Crippen LogP contribution in [0.2, 0.25) is 0 Å². The second-order valence-corrected chi connectivity index (χ2v) is 10.6. The van der Waals surface area contributed by atoms with Gasteiger partial charge in [-0.3, -0.25) is 4.98 Å². The first-order valence-corrected chi connectivity index (χ1v) is 11.5. The van der Waals surface area contributed by atoms with Crippen molar-refractivity contribution in [1.82, 2.24) is 25.1 Å². The highest BCUT2D eigenvalue weighted by Crippen LogP contribution is 2.38. The minimum Gasteiger partial charge on any atom is -0.382 e. The zero-order valence-electron chi connectivity index (χ0n) is 20.0. The SMILES string of the molecule is CN(c1cnc(-c2ccc(-n3ccc(N)n3)cc2C2CO2)cn1)C1CC(C)(C)NC(C)(C)C1.